The SMILES string of the molecule is C[C@@H]1Cc2ccc(Br)c(O)c21. The Morgan fingerprint density at radius 1 is 1.55 bits per heavy atom. The Morgan fingerprint density at radius 3 is 2.82 bits per heavy atom. The highest BCUT2D eigenvalue weighted by atomic mass is 79.9. The molecule has 11 heavy (non-hydrogen) atoms. The van der Waals surface area contributed by atoms with Crippen LogP contribution in [0.25, 0.3) is 0 Å². The second-order valence-electron chi connectivity index (χ2n) is 3.07. The van der Waals surface area contributed by atoms with Crippen LogP contribution < -0.4 is 0 Å². The van der Waals surface area contributed by atoms with E-state index in [-0.39, 0.29) is 0 Å². The summed E-state index contributed by atoms with van der Waals surface area (Å²) in [7, 11) is 0. The summed E-state index contributed by atoms with van der Waals surface area (Å²) in [5.41, 5.74) is 2.41. The zero-order chi connectivity index (χ0) is 8.01. The summed E-state index contributed by atoms with van der Waals surface area (Å²) >= 11 is 3.29. The van der Waals surface area contributed by atoms with Gasteiger partial charge in [-0.05, 0) is 39.9 Å². The van der Waals surface area contributed by atoms with E-state index in [0.29, 0.717) is 11.7 Å². The van der Waals surface area contributed by atoms with Crippen LogP contribution in [-0.2, 0) is 6.42 Å². The lowest BCUT2D eigenvalue weighted by Gasteiger charge is -2.28. The highest BCUT2D eigenvalue weighted by molar-refractivity contribution is 9.10. The predicted octanol–water partition coefficient (Wildman–Crippen LogP) is 2.81. The molecular weight excluding hydrogens is 204 g/mol. The molecule has 0 amide bonds. The van der Waals surface area contributed by atoms with Crippen molar-refractivity contribution in [2.75, 3.05) is 0 Å². The molecule has 0 bridgehead atoms. The van der Waals surface area contributed by atoms with E-state index in [9.17, 15) is 5.11 Å². The monoisotopic (exact) mass is 212 g/mol. The van der Waals surface area contributed by atoms with Crippen LogP contribution in [0.5, 0.6) is 5.75 Å². The summed E-state index contributed by atoms with van der Waals surface area (Å²) in [6.07, 6.45) is 1.11. The molecule has 0 aliphatic heterocycles. The van der Waals surface area contributed by atoms with Gasteiger partial charge in [0, 0.05) is 5.56 Å². The molecule has 1 aliphatic carbocycles. The molecule has 58 valence electrons. The van der Waals surface area contributed by atoms with Crippen LogP contribution in [0, 0.1) is 0 Å². The summed E-state index contributed by atoms with van der Waals surface area (Å²) in [6, 6.07) is 3.97. The third kappa shape index (κ3) is 0.890. The van der Waals surface area contributed by atoms with Gasteiger partial charge < -0.3 is 5.11 Å². The number of hydrogen-bond donors (Lipinski definition) is 1. The molecule has 1 N–H and O–H groups in total. The lowest BCUT2D eigenvalue weighted by Crippen LogP contribution is -2.13. The number of phenols is 1. The number of fused-ring (bicyclic) bond motifs is 1. The van der Waals surface area contributed by atoms with Crippen LogP contribution in [0.2, 0.25) is 0 Å². The topological polar surface area (TPSA) is 20.2 Å². The standard InChI is InChI=1S/C9H9BrO/c1-5-4-6-2-3-7(10)9(11)8(5)6/h2-3,5,11H,4H2,1H3/t5-/m1/s1. The van der Waals surface area contributed by atoms with Gasteiger partial charge in [-0.1, -0.05) is 13.0 Å². The second kappa shape index (κ2) is 2.24. The summed E-state index contributed by atoms with van der Waals surface area (Å²) in [5, 5.41) is 9.56. The first kappa shape index (κ1) is 7.17. The smallest absolute Gasteiger partial charge is 0.133 e. The third-order valence-corrected chi connectivity index (χ3v) is 2.92. The highest BCUT2D eigenvalue weighted by Crippen LogP contribution is 2.44. The summed E-state index contributed by atoms with van der Waals surface area (Å²) < 4.78 is 0.808. The van der Waals surface area contributed by atoms with E-state index in [2.05, 4.69) is 28.9 Å². The van der Waals surface area contributed by atoms with Crippen molar-refractivity contribution >= 4 is 15.9 Å². The molecule has 1 aromatic rings. The van der Waals surface area contributed by atoms with Gasteiger partial charge in [-0.3, -0.25) is 0 Å². The van der Waals surface area contributed by atoms with Gasteiger partial charge in [0.2, 0.25) is 0 Å². The maximum Gasteiger partial charge on any atom is 0.133 e. The van der Waals surface area contributed by atoms with Gasteiger partial charge in [0.1, 0.15) is 5.75 Å². The van der Waals surface area contributed by atoms with E-state index in [1.165, 1.54) is 5.56 Å². The fourth-order valence-electron chi connectivity index (χ4n) is 1.65. The van der Waals surface area contributed by atoms with E-state index < -0.39 is 0 Å². The van der Waals surface area contributed by atoms with Gasteiger partial charge in [-0.2, -0.15) is 0 Å². The van der Waals surface area contributed by atoms with E-state index in [1.807, 2.05) is 6.07 Å². The van der Waals surface area contributed by atoms with Crippen molar-refractivity contribution in [3.8, 4) is 5.75 Å². The molecule has 0 spiro atoms. The molecule has 0 saturated heterocycles. The van der Waals surface area contributed by atoms with Gasteiger partial charge >= 0.3 is 0 Å². The fraction of sp³-hybridized carbons (Fsp3) is 0.333. The molecule has 0 aromatic heterocycles. The molecule has 1 nitrogen and oxygen atoms in total. The number of rotatable bonds is 0. The minimum Gasteiger partial charge on any atom is -0.506 e. The van der Waals surface area contributed by atoms with Crippen LogP contribution >= 0.6 is 15.9 Å². The molecule has 0 saturated carbocycles. The van der Waals surface area contributed by atoms with Gasteiger partial charge in [0.15, 0.2) is 0 Å². The van der Waals surface area contributed by atoms with Crippen molar-refractivity contribution in [3.05, 3.63) is 27.7 Å². The number of benzene rings is 1. The Bertz CT molecular complexity index is 307. The third-order valence-electron chi connectivity index (χ3n) is 2.28. The summed E-state index contributed by atoms with van der Waals surface area (Å²) in [6.45, 7) is 2.13. The number of phenolic OH excluding ortho intramolecular Hbond substituents is 1. The number of aromatic hydroxyl groups is 1. The maximum absolute atomic E-state index is 9.56. The van der Waals surface area contributed by atoms with Gasteiger partial charge in [0.05, 0.1) is 4.47 Å². The van der Waals surface area contributed by atoms with E-state index >= 15 is 0 Å². The lowest BCUT2D eigenvalue weighted by atomic mass is 9.78. The quantitative estimate of drug-likeness (QED) is 0.702. The van der Waals surface area contributed by atoms with Crippen LogP contribution in [0.1, 0.15) is 24.0 Å². The first-order valence-corrected chi connectivity index (χ1v) is 4.49. The van der Waals surface area contributed by atoms with Crippen molar-refractivity contribution < 1.29 is 5.11 Å². The van der Waals surface area contributed by atoms with Crippen LogP contribution in [0.15, 0.2) is 16.6 Å². The van der Waals surface area contributed by atoms with Crippen molar-refractivity contribution in [2.45, 2.75) is 19.3 Å². The Morgan fingerprint density at radius 2 is 2.27 bits per heavy atom. The van der Waals surface area contributed by atoms with Crippen molar-refractivity contribution in [1.82, 2.24) is 0 Å². The van der Waals surface area contributed by atoms with Gasteiger partial charge in [-0.15, -0.1) is 0 Å². The van der Waals surface area contributed by atoms with E-state index in [4.69, 9.17) is 0 Å². The van der Waals surface area contributed by atoms with Crippen molar-refractivity contribution in [3.63, 3.8) is 0 Å². The summed E-state index contributed by atoms with van der Waals surface area (Å²) in [5.74, 6) is 0.962. The van der Waals surface area contributed by atoms with Crippen molar-refractivity contribution in [1.29, 1.82) is 0 Å². The number of halogens is 1. The van der Waals surface area contributed by atoms with E-state index in [0.717, 1.165) is 16.5 Å². The molecular formula is C9H9BrO. The molecule has 2 rings (SSSR count). The molecule has 1 aromatic carbocycles. The molecule has 2 heteroatoms. The van der Waals surface area contributed by atoms with Gasteiger partial charge in [-0.25, -0.2) is 0 Å². The Balaban J connectivity index is 2.61. The Kier molecular flexibility index (Phi) is 1.46. The first-order valence-electron chi connectivity index (χ1n) is 3.70. The lowest BCUT2D eigenvalue weighted by molar-refractivity contribution is 0.448. The summed E-state index contributed by atoms with van der Waals surface area (Å²) in [4.78, 5) is 0. The maximum atomic E-state index is 9.56. The molecule has 1 aliphatic rings. The molecule has 0 radical (unpaired) electrons. The van der Waals surface area contributed by atoms with Crippen LogP contribution in [0.4, 0.5) is 0 Å². The number of hydrogen-bond acceptors (Lipinski definition) is 1. The van der Waals surface area contributed by atoms with Crippen molar-refractivity contribution in [2.24, 2.45) is 0 Å². The first-order chi connectivity index (χ1) is 5.20. The predicted molar refractivity (Wildman–Crippen MR) is 47.9 cm³/mol. The zero-order valence-electron chi connectivity index (χ0n) is 6.26. The van der Waals surface area contributed by atoms with Crippen LogP contribution in [0.3, 0.4) is 0 Å². The Hall–Kier alpha value is -0.500. The molecule has 0 heterocycles. The fourth-order valence-corrected chi connectivity index (χ4v) is 2.00. The normalized spacial score (nSPS) is 20.7. The zero-order valence-corrected chi connectivity index (χ0v) is 7.85. The Labute approximate surface area is 74.2 Å². The molecule has 0 fully saturated rings. The molecule has 1 atom stereocenters. The average Bonchev–Trinajstić information content (AvgIpc) is 1.94. The van der Waals surface area contributed by atoms with Gasteiger partial charge in [0.25, 0.3) is 0 Å². The minimum absolute atomic E-state index is 0.432. The largest absolute Gasteiger partial charge is 0.506 e. The second-order valence-corrected chi connectivity index (χ2v) is 3.93. The minimum atomic E-state index is 0.432. The highest BCUT2D eigenvalue weighted by Gasteiger charge is 2.26. The molecule has 0 unspecified atom stereocenters. The average molecular weight is 213 g/mol. The van der Waals surface area contributed by atoms with E-state index in [1.54, 1.807) is 0 Å². The van der Waals surface area contributed by atoms with Crippen LogP contribution in [-0.4, -0.2) is 5.11 Å².